The molecule has 15 heavy (non-hydrogen) atoms. The molecule has 1 aromatic carbocycles. The summed E-state index contributed by atoms with van der Waals surface area (Å²) in [7, 11) is 1.26. The molecule has 0 aliphatic carbocycles. The van der Waals surface area contributed by atoms with Gasteiger partial charge in [0.05, 0.1) is 13.2 Å². The van der Waals surface area contributed by atoms with Crippen molar-refractivity contribution in [3.05, 3.63) is 29.3 Å². The minimum absolute atomic E-state index is 0.0838. The average molecular weight is 217 g/mol. The SMILES string of the molecule is COc1c(F)cc(F)cc1[C@@H](O)CCN. The molecule has 0 unspecified atom stereocenters. The van der Waals surface area contributed by atoms with Crippen molar-refractivity contribution in [1.82, 2.24) is 0 Å². The molecule has 0 bridgehead atoms. The van der Waals surface area contributed by atoms with Crippen LogP contribution in [0, 0.1) is 11.6 Å². The first-order valence-corrected chi connectivity index (χ1v) is 4.51. The van der Waals surface area contributed by atoms with Crippen molar-refractivity contribution in [3.8, 4) is 5.75 Å². The van der Waals surface area contributed by atoms with E-state index in [4.69, 9.17) is 10.5 Å². The van der Waals surface area contributed by atoms with Gasteiger partial charge in [0, 0.05) is 11.6 Å². The molecule has 0 spiro atoms. The van der Waals surface area contributed by atoms with Crippen molar-refractivity contribution < 1.29 is 18.6 Å². The van der Waals surface area contributed by atoms with Crippen LogP contribution in [0.15, 0.2) is 12.1 Å². The van der Waals surface area contributed by atoms with Gasteiger partial charge < -0.3 is 15.6 Å². The number of methoxy groups -OCH3 is 1. The van der Waals surface area contributed by atoms with E-state index in [1.165, 1.54) is 7.11 Å². The van der Waals surface area contributed by atoms with Gasteiger partial charge >= 0.3 is 0 Å². The van der Waals surface area contributed by atoms with Crippen LogP contribution in [0.25, 0.3) is 0 Å². The highest BCUT2D eigenvalue weighted by atomic mass is 19.1. The van der Waals surface area contributed by atoms with Gasteiger partial charge in [-0.1, -0.05) is 0 Å². The Kier molecular flexibility index (Phi) is 3.99. The Hall–Kier alpha value is -1.20. The number of hydrogen-bond acceptors (Lipinski definition) is 3. The van der Waals surface area contributed by atoms with E-state index >= 15 is 0 Å². The maximum absolute atomic E-state index is 13.2. The fourth-order valence-corrected chi connectivity index (χ4v) is 1.36. The topological polar surface area (TPSA) is 55.5 Å². The molecule has 0 heterocycles. The summed E-state index contributed by atoms with van der Waals surface area (Å²) in [6.07, 6.45) is -0.797. The second kappa shape index (κ2) is 5.04. The van der Waals surface area contributed by atoms with Crippen LogP contribution in [0.5, 0.6) is 5.75 Å². The van der Waals surface area contributed by atoms with E-state index in [-0.39, 0.29) is 24.3 Å². The molecule has 0 amide bonds. The Morgan fingerprint density at radius 3 is 2.67 bits per heavy atom. The van der Waals surface area contributed by atoms with Gasteiger partial charge in [0.25, 0.3) is 0 Å². The number of aliphatic hydroxyl groups is 1. The second-order valence-electron chi connectivity index (χ2n) is 3.10. The van der Waals surface area contributed by atoms with E-state index in [0.29, 0.717) is 6.07 Å². The summed E-state index contributed by atoms with van der Waals surface area (Å²) in [6, 6.07) is 1.75. The van der Waals surface area contributed by atoms with Gasteiger partial charge in [0.2, 0.25) is 0 Å². The van der Waals surface area contributed by atoms with Crippen molar-refractivity contribution in [1.29, 1.82) is 0 Å². The molecule has 0 saturated heterocycles. The van der Waals surface area contributed by atoms with E-state index < -0.39 is 17.7 Å². The molecule has 0 radical (unpaired) electrons. The van der Waals surface area contributed by atoms with Crippen molar-refractivity contribution >= 4 is 0 Å². The molecule has 3 N–H and O–H groups in total. The maximum atomic E-state index is 13.2. The summed E-state index contributed by atoms with van der Waals surface area (Å²) in [6.45, 7) is 0.225. The molecule has 1 atom stereocenters. The second-order valence-corrected chi connectivity index (χ2v) is 3.10. The molecule has 1 aromatic rings. The van der Waals surface area contributed by atoms with Gasteiger partial charge in [0.15, 0.2) is 11.6 Å². The summed E-state index contributed by atoms with van der Waals surface area (Å²) in [5.41, 5.74) is 5.33. The molecule has 0 aromatic heterocycles. The lowest BCUT2D eigenvalue weighted by atomic mass is 10.0. The van der Waals surface area contributed by atoms with Crippen LogP contribution in [0.4, 0.5) is 8.78 Å². The Bertz CT molecular complexity index is 344. The minimum Gasteiger partial charge on any atom is -0.493 e. The highest BCUT2D eigenvalue weighted by Crippen LogP contribution is 2.30. The van der Waals surface area contributed by atoms with E-state index in [1.807, 2.05) is 0 Å². The zero-order valence-corrected chi connectivity index (χ0v) is 8.34. The predicted octanol–water partition coefficient (Wildman–Crippen LogP) is 1.36. The zero-order valence-electron chi connectivity index (χ0n) is 8.34. The summed E-state index contributed by atoms with van der Waals surface area (Å²) >= 11 is 0. The third kappa shape index (κ3) is 2.64. The monoisotopic (exact) mass is 217 g/mol. The third-order valence-electron chi connectivity index (χ3n) is 2.04. The van der Waals surface area contributed by atoms with Gasteiger partial charge in [-0.05, 0) is 19.0 Å². The minimum atomic E-state index is -1.02. The first-order chi connectivity index (χ1) is 7.10. The van der Waals surface area contributed by atoms with Crippen LogP contribution in [0.1, 0.15) is 18.1 Å². The Morgan fingerprint density at radius 2 is 2.13 bits per heavy atom. The van der Waals surface area contributed by atoms with Gasteiger partial charge in [0.1, 0.15) is 5.82 Å². The van der Waals surface area contributed by atoms with Crippen LogP contribution in [0.3, 0.4) is 0 Å². The fourth-order valence-electron chi connectivity index (χ4n) is 1.36. The number of benzene rings is 1. The standard InChI is InChI=1S/C10H13F2NO2/c1-15-10-7(9(14)2-3-13)4-6(11)5-8(10)12/h4-5,9,14H,2-3,13H2,1H3/t9-/m0/s1. The van der Waals surface area contributed by atoms with Crippen molar-refractivity contribution in [2.24, 2.45) is 5.73 Å². The van der Waals surface area contributed by atoms with E-state index in [2.05, 4.69) is 0 Å². The van der Waals surface area contributed by atoms with Crippen molar-refractivity contribution in [3.63, 3.8) is 0 Å². The van der Waals surface area contributed by atoms with Crippen LogP contribution in [-0.4, -0.2) is 18.8 Å². The first kappa shape index (κ1) is 11.9. The van der Waals surface area contributed by atoms with E-state index in [1.54, 1.807) is 0 Å². The lowest BCUT2D eigenvalue weighted by Gasteiger charge is -2.14. The molecule has 0 fully saturated rings. The van der Waals surface area contributed by atoms with Crippen LogP contribution in [-0.2, 0) is 0 Å². The average Bonchev–Trinajstić information content (AvgIpc) is 2.17. The third-order valence-corrected chi connectivity index (χ3v) is 2.04. The fraction of sp³-hybridized carbons (Fsp3) is 0.400. The normalized spacial score (nSPS) is 12.6. The molecule has 3 nitrogen and oxygen atoms in total. The number of rotatable bonds is 4. The molecule has 5 heteroatoms. The highest BCUT2D eigenvalue weighted by molar-refractivity contribution is 5.37. The Morgan fingerprint density at radius 1 is 1.47 bits per heavy atom. The first-order valence-electron chi connectivity index (χ1n) is 4.51. The smallest absolute Gasteiger partial charge is 0.168 e. The molecular weight excluding hydrogens is 204 g/mol. The molecule has 0 aliphatic rings. The van der Waals surface area contributed by atoms with Gasteiger partial charge in [-0.25, -0.2) is 8.78 Å². The number of ether oxygens (including phenoxy) is 1. The predicted molar refractivity (Wildman–Crippen MR) is 51.5 cm³/mol. The molecule has 0 saturated carbocycles. The lowest BCUT2D eigenvalue weighted by molar-refractivity contribution is 0.164. The summed E-state index contributed by atoms with van der Waals surface area (Å²) < 4.78 is 30.9. The number of aliphatic hydroxyl groups excluding tert-OH is 1. The van der Waals surface area contributed by atoms with Gasteiger partial charge in [-0.15, -0.1) is 0 Å². The largest absolute Gasteiger partial charge is 0.493 e. The van der Waals surface area contributed by atoms with Crippen molar-refractivity contribution in [2.75, 3.05) is 13.7 Å². The van der Waals surface area contributed by atoms with E-state index in [0.717, 1.165) is 6.07 Å². The maximum Gasteiger partial charge on any atom is 0.168 e. The number of nitrogens with two attached hydrogens (primary N) is 1. The van der Waals surface area contributed by atoms with Crippen LogP contribution in [0.2, 0.25) is 0 Å². The van der Waals surface area contributed by atoms with E-state index in [9.17, 15) is 13.9 Å². The van der Waals surface area contributed by atoms with Crippen molar-refractivity contribution in [2.45, 2.75) is 12.5 Å². The van der Waals surface area contributed by atoms with Crippen LogP contribution < -0.4 is 10.5 Å². The summed E-state index contributed by atoms with van der Waals surface area (Å²) in [5, 5.41) is 9.59. The lowest BCUT2D eigenvalue weighted by Crippen LogP contribution is -2.09. The molecule has 0 aliphatic heterocycles. The zero-order chi connectivity index (χ0) is 11.4. The van der Waals surface area contributed by atoms with Gasteiger partial charge in [-0.3, -0.25) is 0 Å². The summed E-state index contributed by atoms with van der Waals surface area (Å²) in [5.74, 6) is -1.72. The molecule has 84 valence electrons. The highest BCUT2D eigenvalue weighted by Gasteiger charge is 2.17. The van der Waals surface area contributed by atoms with Crippen LogP contribution >= 0.6 is 0 Å². The summed E-state index contributed by atoms with van der Waals surface area (Å²) in [4.78, 5) is 0. The Labute approximate surface area is 86.5 Å². The number of hydrogen-bond donors (Lipinski definition) is 2. The Balaban J connectivity index is 3.13. The van der Waals surface area contributed by atoms with Gasteiger partial charge in [-0.2, -0.15) is 0 Å². The molecular formula is C10H13F2NO2. The molecule has 1 rings (SSSR count). The quantitative estimate of drug-likeness (QED) is 0.800. The number of halogens is 2.